The van der Waals surface area contributed by atoms with Gasteiger partial charge in [-0.15, -0.1) is 0 Å². The molecule has 2 nitrogen and oxygen atoms in total. The molecule has 0 atom stereocenters. The Morgan fingerprint density at radius 2 is 1.71 bits per heavy atom. The Bertz CT molecular complexity index is 631. The number of nitrogens with zero attached hydrogens (tertiary/aromatic N) is 2. The molecule has 2 rings (SSSR count). The maximum Gasteiger partial charge on any atom is 0.205 e. The molecule has 0 spiro atoms. The molecule has 106 valence electrons. The number of rotatable bonds is 6. The van der Waals surface area contributed by atoms with Gasteiger partial charge in [-0.2, -0.15) is 4.57 Å². The Labute approximate surface area is 127 Å². The predicted molar refractivity (Wildman–Crippen MR) is 90.6 cm³/mol. The van der Waals surface area contributed by atoms with Crippen LogP contribution >= 0.6 is 0 Å². The number of aryl methyl sites for hydroxylation is 1. The zero-order valence-electron chi connectivity index (χ0n) is 12.4. The zero-order chi connectivity index (χ0) is 15.1. The molecule has 0 radical (unpaired) electrons. The van der Waals surface area contributed by atoms with Crippen LogP contribution in [0.2, 0.25) is 0 Å². The minimum Gasteiger partial charge on any atom is -0.325 e. The number of aromatic nitrogens is 1. The normalized spacial score (nSPS) is 10.5. The van der Waals surface area contributed by atoms with E-state index in [4.69, 9.17) is 0 Å². The molecule has 0 unspecified atom stereocenters. The van der Waals surface area contributed by atoms with Crippen LogP contribution in [0, 0.1) is 0 Å². The van der Waals surface area contributed by atoms with Crippen molar-refractivity contribution in [1.82, 2.24) is 0 Å². The van der Waals surface area contributed by atoms with Gasteiger partial charge in [-0.05, 0) is 36.8 Å². The maximum absolute atomic E-state index is 3.76. The van der Waals surface area contributed by atoms with Crippen molar-refractivity contribution in [3.8, 4) is 0 Å². The highest BCUT2D eigenvalue weighted by molar-refractivity contribution is 5.68. The summed E-state index contributed by atoms with van der Waals surface area (Å²) in [7, 11) is 0. The van der Waals surface area contributed by atoms with E-state index in [1.54, 1.807) is 12.4 Å². The summed E-state index contributed by atoms with van der Waals surface area (Å²) in [4.78, 5) is 1.88. The molecule has 0 aliphatic carbocycles. The van der Waals surface area contributed by atoms with E-state index in [2.05, 4.69) is 85.5 Å². The largest absolute Gasteiger partial charge is 0.325 e. The second kappa shape index (κ2) is 7.25. The molecule has 1 aromatic heterocycles. The van der Waals surface area contributed by atoms with Crippen molar-refractivity contribution in [3.63, 3.8) is 0 Å². The van der Waals surface area contributed by atoms with Crippen LogP contribution in [0.15, 0.2) is 74.2 Å². The molecule has 0 fully saturated rings. The van der Waals surface area contributed by atoms with Crippen molar-refractivity contribution in [2.45, 2.75) is 13.5 Å². The molecule has 1 heterocycles. The molecule has 2 heteroatoms. The first-order chi connectivity index (χ1) is 10.3. The Morgan fingerprint density at radius 3 is 2.33 bits per heavy atom. The Hall–Kier alpha value is -2.61. The lowest BCUT2D eigenvalue weighted by atomic mass is 10.1. The first kappa shape index (κ1) is 14.8. The predicted octanol–water partition coefficient (Wildman–Crippen LogP) is 4.26. The molecule has 0 amide bonds. The van der Waals surface area contributed by atoms with Gasteiger partial charge in [0.2, 0.25) is 5.69 Å². The van der Waals surface area contributed by atoms with Crippen LogP contribution in [0.25, 0.3) is 12.2 Å². The lowest BCUT2D eigenvalue weighted by molar-refractivity contribution is -0.695. The fourth-order valence-corrected chi connectivity index (χ4v) is 2.15. The average Bonchev–Trinajstić information content (AvgIpc) is 2.55. The third kappa shape index (κ3) is 3.69. The summed E-state index contributed by atoms with van der Waals surface area (Å²) in [6.45, 7) is 10.6. The van der Waals surface area contributed by atoms with Crippen molar-refractivity contribution in [2.24, 2.45) is 0 Å². The van der Waals surface area contributed by atoms with E-state index in [0.717, 1.165) is 12.2 Å². The summed E-state index contributed by atoms with van der Waals surface area (Å²) in [6, 6.07) is 14.5. The highest BCUT2D eigenvalue weighted by atomic mass is 15.1. The van der Waals surface area contributed by atoms with E-state index in [1.165, 1.54) is 11.3 Å². The summed E-state index contributed by atoms with van der Waals surface area (Å²) >= 11 is 0. The third-order valence-electron chi connectivity index (χ3n) is 3.35. The number of anilines is 1. The average molecular weight is 277 g/mol. The number of pyridine rings is 1. The quantitative estimate of drug-likeness (QED) is 0.716. The summed E-state index contributed by atoms with van der Waals surface area (Å²) in [5, 5.41) is 0. The van der Waals surface area contributed by atoms with Gasteiger partial charge in [0.1, 0.15) is 6.54 Å². The highest BCUT2D eigenvalue weighted by Gasteiger charge is 2.02. The van der Waals surface area contributed by atoms with Crippen LogP contribution in [0.5, 0.6) is 0 Å². The summed E-state index contributed by atoms with van der Waals surface area (Å²) in [5.41, 5.74) is 3.42. The number of hydrogen-bond acceptors (Lipinski definition) is 1. The molecular weight excluding hydrogens is 256 g/mol. The fraction of sp³-hybridized carbons (Fsp3) is 0.105. The van der Waals surface area contributed by atoms with Gasteiger partial charge in [0.15, 0.2) is 6.20 Å². The first-order valence-corrected chi connectivity index (χ1v) is 7.08. The second-order valence-corrected chi connectivity index (χ2v) is 4.61. The van der Waals surface area contributed by atoms with E-state index in [0.29, 0.717) is 0 Å². The molecule has 2 aromatic rings. The smallest absolute Gasteiger partial charge is 0.205 e. The standard InChI is InChI=1S/C19H21N2/c1-4-20(5-2)19-14-11-17(12-15-19)10-13-18-9-7-8-16-21(18)6-3/h4-5,7-16H,1-2,6H2,3H3/q+1. The minimum atomic E-state index is 0.965. The molecule has 0 bridgehead atoms. The molecule has 0 aliphatic rings. The first-order valence-electron chi connectivity index (χ1n) is 7.08. The second-order valence-electron chi connectivity index (χ2n) is 4.61. The van der Waals surface area contributed by atoms with Gasteiger partial charge in [0.05, 0.1) is 0 Å². The van der Waals surface area contributed by atoms with Crippen LogP contribution < -0.4 is 9.47 Å². The van der Waals surface area contributed by atoms with E-state index < -0.39 is 0 Å². The summed E-state index contributed by atoms with van der Waals surface area (Å²) < 4.78 is 2.21. The third-order valence-corrected chi connectivity index (χ3v) is 3.35. The molecule has 21 heavy (non-hydrogen) atoms. The van der Waals surface area contributed by atoms with E-state index in [1.807, 2.05) is 4.90 Å². The molecule has 0 aliphatic heterocycles. The van der Waals surface area contributed by atoms with E-state index in [9.17, 15) is 0 Å². The van der Waals surface area contributed by atoms with Gasteiger partial charge >= 0.3 is 0 Å². The molecule has 0 saturated carbocycles. The molecule has 1 aromatic carbocycles. The molecular formula is C19H21N2+. The summed E-state index contributed by atoms with van der Waals surface area (Å²) in [5.74, 6) is 0. The molecule has 0 saturated heterocycles. The number of hydrogen-bond donors (Lipinski definition) is 0. The van der Waals surface area contributed by atoms with E-state index in [-0.39, 0.29) is 0 Å². The Kier molecular flexibility index (Phi) is 5.10. The Balaban J connectivity index is 2.18. The SMILES string of the molecule is C=CN(C=C)c1ccc(/C=C/c2cccc[n+]2CC)cc1. The Morgan fingerprint density at radius 1 is 1.00 bits per heavy atom. The van der Waals surface area contributed by atoms with Crippen LogP contribution in [0.3, 0.4) is 0 Å². The van der Waals surface area contributed by atoms with E-state index >= 15 is 0 Å². The van der Waals surface area contributed by atoms with Crippen molar-refractivity contribution < 1.29 is 4.57 Å². The highest BCUT2D eigenvalue weighted by Crippen LogP contribution is 2.16. The van der Waals surface area contributed by atoms with Gasteiger partial charge in [-0.1, -0.05) is 25.3 Å². The van der Waals surface area contributed by atoms with Gasteiger partial charge in [0, 0.05) is 36.3 Å². The lowest BCUT2D eigenvalue weighted by Gasteiger charge is -2.14. The summed E-state index contributed by atoms with van der Waals surface area (Å²) in [6.07, 6.45) is 9.83. The van der Waals surface area contributed by atoms with Crippen LogP contribution in [0.1, 0.15) is 18.2 Å². The van der Waals surface area contributed by atoms with Crippen molar-refractivity contribution >= 4 is 17.8 Å². The van der Waals surface area contributed by atoms with Crippen molar-refractivity contribution in [2.75, 3.05) is 4.90 Å². The number of benzene rings is 1. The van der Waals surface area contributed by atoms with Crippen molar-refractivity contribution in [1.29, 1.82) is 0 Å². The van der Waals surface area contributed by atoms with Crippen molar-refractivity contribution in [3.05, 3.63) is 85.5 Å². The van der Waals surface area contributed by atoms with Crippen LogP contribution in [0.4, 0.5) is 5.69 Å². The lowest BCUT2D eigenvalue weighted by Crippen LogP contribution is -2.34. The van der Waals surface area contributed by atoms with Crippen LogP contribution in [-0.2, 0) is 6.54 Å². The molecule has 0 N–H and O–H groups in total. The monoisotopic (exact) mass is 277 g/mol. The topological polar surface area (TPSA) is 7.12 Å². The zero-order valence-corrected chi connectivity index (χ0v) is 12.4. The maximum atomic E-state index is 3.76. The van der Waals surface area contributed by atoms with Gasteiger partial charge in [-0.3, -0.25) is 0 Å². The minimum absolute atomic E-state index is 0.965. The van der Waals surface area contributed by atoms with Gasteiger partial charge < -0.3 is 4.90 Å². The fourth-order valence-electron chi connectivity index (χ4n) is 2.15. The van der Waals surface area contributed by atoms with Crippen LogP contribution in [-0.4, -0.2) is 0 Å². The van der Waals surface area contributed by atoms with Gasteiger partial charge in [-0.25, -0.2) is 0 Å². The van der Waals surface area contributed by atoms with Gasteiger partial charge in [0.25, 0.3) is 0 Å².